The first kappa shape index (κ1) is 24.3. The zero-order valence-electron chi connectivity index (χ0n) is 16.5. The molecule has 6 nitrogen and oxygen atoms in total. The Morgan fingerprint density at radius 1 is 0.960 bits per heavy atom. The Kier molecular flexibility index (Phi) is 13.2. The third kappa shape index (κ3) is 13.2. The Bertz CT molecular complexity index is 452. The standard InChI is InChI=1S/C18H38N2O4S/c1-5-6-7-8-9-10-11-13-17(16-18(21)22)20(25(4,23)24)15-12-14-19(2)3/h17H,5-16H2,1-4H3,(H,21,22). The second-order valence-corrected chi connectivity index (χ2v) is 9.13. The molecule has 7 heteroatoms. The highest BCUT2D eigenvalue weighted by molar-refractivity contribution is 7.88. The Labute approximate surface area is 154 Å². The van der Waals surface area contributed by atoms with E-state index in [4.69, 9.17) is 0 Å². The molecule has 25 heavy (non-hydrogen) atoms. The van der Waals surface area contributed by atoms with Crippen LogP contribution in [0.3, 0.4) is 0 Å². The van der Waals surface area contributed by atoms with E-state index in [9.17, 15) is 18.3 Å². The van der Waals surface area contributed by atoms with Crippen LogP contribution in [0.25, 0.3) is 0 Å². The number of carbonyl (C=O) groups is 1. The lowest BCUT2D eigenvalue weighted by Gasteiger charge is -2.29. The topological polar surface area (TPSA) is 77.9 Å². The summed E-state index contributed by atoms with van der Waals surface area (Å²) in [5, 5.41) is 9.18. The summed E-state index contributed by atoms with van der Waals surface area (Å²) in [4.78, 5) is 13.2. The van der Waals surface area contributed by atoms with E-state index in [2.05, 4.69) is 6.92 Å². The summed E-state index contributed by atoms with van der Waals surface area (Å²) in [5.74, 6) is -0.936. The fourth-order valence-corrected chi connectivity index (χ4v) is 4.23. The molecule has 0 aromatic heterocycles. The van der Waals surface area contributed by atoms with E-state index in [1.807, 2.05) is 19.0 Å². The van der Waals surface area contributed by atoms with Gasteiger partial charge < -0.3 is 10.0 Å². The molecular weight excluding hydrogens is 340 g/mol. The van der Waals surface area contributed by atoms with E-state index in [1.54, 1.807) is 0 Å². The first-order chi connectivity index (χ1) is 11.7. The van der Waals surface area contributed by atoms with Gasteiger partial charge in [0.05, 0.1) is 12.7 Å². The van der Waals surface area contributed by atoms with Crippen LogP contribution < -0.4 is 0 Å². The Hall–Kier alpha value is -0.660. The van der Waals surface area contributed by atoms with Crippen LogP contribution in [0.15, 0.2) is 0 Å². The van der Waals surface area contributed by atoms with E-state index < -0.39 is 22.0 Å². The fourth-order valence-electron chi connectivity index (χ4n) is 3.05. The molecule has 1 N–H and O–H groups in total. The highest BCUT2D eigenvalue weighted by atomic mass is 32.2. The SMILES string of the molecule is CCCCCCCCCC(CC(=O)O)N(CCCN(C)C)S(C)(=O)=O. The molecule has 0 aliphatic carbocycles. The van der Waals surface area contributed by atoms with Crippen LogP contribution in [0.2, 0.25) is 0 Å². The first-order valence-electron chi connectivity index (χ1n) is 9.51. The lowest BCUT2D eigenvalue weighted by Crippen LogP contribution is -2.42. The number of aliphatic carboxylic acids is 1. The van der Waals surface area contributed by atoms with Crippen molar-refractivity contribution in [1.29, 1.82) is 0 Å². The maximum atomic E-state index is 12.2. The zero-order chi connectivity index (χ0) is 19.3. The van der Waals surface area contributed by atoms with Crippen molar-refractivity contribution in [1.82, 2.24) is 9.21 Å². The van der Waals surface area contributed by atoms with E-state index in [0.29, 0.717) is 19.4 Å². The number of carboxylic acid groups (broad SMARTS) is 1. The molecule has 1 unspecified atom stereocenters. The van der Waals surface area contributed by atoms with E-state index in [-0.39, 0.29) is 6.42 Å². The van der Waals surface area contributed by atoms with Gasteiger partial charge in [0.2, 0.25) is 10.0 Å². The lowest BCUT2D eigenvalue weighted by atomic mass is 10.0. The van der Waals surface area contributed by atoms with E-state index in [0.717, 1.165) is 25.8 Å². The number of sulfonamides is 1. The van der Waals surface area contributed by atoms with Gasteiger partial charge in [-0.25, -0.2) is 8.42 Å². The summed E-state index contributed by atoms with van der Waals surface area (Å²) >= 11 is 0. The summed E-state index contributed by atoms with van der Waals surface area (Å²) in [5.41, 5.74) is 0. The van der Waals surface area contributed by atoms with Crippen LogP contribution in [0.1, 0.15) is 71.1 Å². The molecule has 0 saturated heterocycles. The van der Waals surface area contributed by atoms with Crippen molar-refractivity contribution in [2.24, 2.45) is 0 Å². The maximum absolute atomic E-state index is 12.2. The molecule has 0 amide bonds. The number of carboxylic acids is 1. The van der Waals surface area contributed by atoms with Crippen LogP contribution in [-0.4, -0.2) is 68.2 Å². The number of nitrogens with zero attached hydrogens (tertiary/aromatic N) is 2. The summed E-state index contributed by atoms with van der Waals surface area (Å²) < 4.78 is 25.7. The number of unbranched alkanes of at least 4 members (excludes halogenated alkanes) is 6. The lowest BCUT2D eigenvalue weighted by molar-refractivity contribution is -0.138. The van der Waals surface area contributed by atoms with Crippen molar-refractivity contribution in [3.63, 3.8) is 0 Å². The van der Waals surface area contributed by atoms with Gasteiger partial charge in [-0.05, 0) is 33.5 Å². The summed E-state index contributed by atoms with van der Waals surface area (Å²) in [7, 11) is 0.474. The summed E-state index contributed by atoms with van der Waals surface area (Å²) in [6, 6.07) is -0.440. The third-order valence-electron chi connectivity index (χ3n) is 4.37. The Morgan fingerprint density at radius 2 is 1.52 bits per heavy atom. The monoisotopic (exact) mass is 378 g/mol. The molecule has 0 rings (SSSR count). The predicted octanol–water partition coefficient (Wildman–Crippen LogP) is 3.18. The van der Waals surface area contributed by atoms with Crippen molar-refractivity contribution in [3.05, 3.63) is 0 Å². The number of hydrogen-bond acceptors (Lipinski definition) is 4. The Morgan fingerprint density at radius 3 is 2.00 bits per heavy atom. The largest absolute Gasteiger partial charge is 0.481 e. The van der Waals surface area contributed by atoms with Crippen LogP contribution in [0, 0.1) is 0 Å². The highest BCUT2D eigenvalue weighted by Gasteiger charge is 2.27. The van der Waals surface area contributed by atoms with Gasteiger partial charge in [-0.1, -0.05) is 51.9 Å². The maximum Gasteiger partial charge on any atom is 0.304 e. The predicted molar refractivity (Wildman–Crippen MR) is 103 cm³/mol. The molecule has 0 fully saturated rings. The summed E-state index contributed by atoms with van der Waals surface area (Å²) in [6.07, 6.45) is 10.4. The van der Waals surface area contributed by atoms with Crippen LogP contribution in [0.4, 0.5) is 0 Å². The molecule has 0 aliphatic rings. The fraction of sp³-hybridized carbons (Fsp3) is 0.944. The van der Waals surface area contributed by atoms with E-state index in [1.165, 1.54) is 36.2 Å². The minimum absolute atomic E-state index is 0.120. The third-order valence-corrected chi connectivity index (χ3v) is 5.70. The first-order valence-corrected chi connectivity index (χ1v) is 11.4. The van der Waals surface area contributed by atoms with Gasteiger partial charge in [0.1, 0.15) is 0 Å². The van der Waals surface area contributed by atoms with Crippen LogP contribution in [-0.2, 0) is 14.8 Å². The highest BCUT2D eigenvalue weighted by Crippen LogP contribution is 2.18. The molecule has 1 atom stereocenters. The quantitative estimate of drug-likeness (QED) is 0.417. The van der Waals surface area contributed by atoms with Gasteiger partial charge in [0, 0.05) is 12.6 Å². The van der Waals surface area contributed by atoms with Crippen LogP contribution in [0.5, 0.6) is 0 Å². The van der Waals surface area contributed by atoms with Gasteiger partial charge >= 0.3 is 5.97 Å². The molecule has 0 aromatic rings. The van der Waals surface area contributed by atoms with Gasteiger partial charge in [-0.15, -0.1) is 0 Å². The second kappa shape index (κ2) is 13.5. The zero-order valence-corrected chi connectivity index (χ0v) is 17.4. The molecule has 0 spiro atoms. The normalized spacial score (nSPS) is 13.5. The van der Waals surface area contributed by atoms with Crippen molar-refractivity contribution in [2.45, 2.75) is 77.2 Å². The van der Waals surface area contributed by atoms with Crippen LogP contribution >= 0.6 is 0 Å². The van der Waals surface area contributed by atoms with Gasteiger partial charge in [-0.2, -0.15) is 4.31 Å². The summed E-state index contributed by atoms with van der Waals surface area (Å²) in [6.45, 7) is 3.35. The van der Waals surface area contributed by atoms with Crippen molar-refractivity contribution in [2.75, 3.05) is 33.4 Å². The van der Waals surface area contributed by atoms with E-state index >= 15 is 0 Å². The number of rotatable bonds is 16. The average molecular weight is 379 g/mol. The minimum Gasteiger partial charge on any atom is -0.481 e. The molecule has 0 aromatic carbocycles. The number of hydrogen-bond donors (Lipinski definition) is 1. The molecule has 0 aliphatic heterocycles. The smallest absolute Gasteiger partial charge is 0.304 e. The average Bonchev–Trinajstić information content (AvgIpc) is 2.48. The molecule has 0 saturated carbocycles. The van der Waals surface area contributed by atoms with Gasteiger partial charge in [0.15, 0.2) is 0 Å². The second-order valence-electron chi connectivity index (χ2n) is 7.19. The minimum atomic E-state index is -3.41. The molecule has 0 radical (unpaired) electrons. The molecular formula is C18H38N2O4S. The molecule has 150 valence electrons. The Balaban J connectivity index is 4.60. The molecule has 0 heterocycles. The van der Waals surface area contributed by atoms with Crippen molar-refractivity contribution >= 4 is 16.0 Å². The molecule has 0 bridgehead atoms. The van der Waals surface area contributed by atoms with Crippen molar-refractivity contribution < 1.29 is 18.3 Å². The van der Waals surface area contributed by atoms with Crippen molar-refractivity contribution in [3.8, 4) is 0 Å². The van der Waals surface area contributed by atoms with Gasteiger partial charge in [-0.3, -0.25) is 4.79 Å². The van der Waals surface area contributed by atoms with Gasteiger partial charge in [0.25, 0.3) is 0 Å².